The molecule has 0 amide bonds. The quantitative estimate of drug-likeness (QED) is 0.731. The van der Waals surface area contributed by atoms with Crippen LogP contribution in [0, 0.1) is 16.7 Å². The molecule has 17 heavy (non-hydrogen) atoms. The van der Waals surface area contributed by atoms with Crippen molar-refractivity contribution in [3.8, 4) is 0 Å². The maximum absolute atomic E-state index is 11.6. The van der Waals surface area contributed by atoms with Crippen LogP contribution in [0.25, 0.3) is 0 Å². The van der Waals surface area contributed by atoms with Gasteiger partial charge in [0, 0.05) is 6.42 Å². The minimum Gasteiger partial charge on any atom is -0.369 e. The number of ether oxygens (including phenoxy) is 1. The molecule has 0 heterocycles. The fraction of sp³-hybridized carbons (Fsp3) is 0.933. The van der Waals surface area contributed by atoms with E-state index in [2.05, 4.69) is 20.8 Å². The van der Waals surface area contributed by atoms with Gasteiger partial charge in [-0.15, -0.1) is 0 Å². The zero-order valence-electron chi connectivity index (χ0n) is 11.7. The largest absolute Gasteiger partial charge is 0.369 e. The van der Waals surface area contributed by atoms with Crippen molar-refractivity contribution in [1.29, 1.82) is 0 Å². The SMILES string of the molecule is CCCC(=O)COC1C2(C)CCC(C2)C1(C)C. The molecule has 0 spiro atoms. The molecule has 0 aromatic carbocycles. The molecule has 0 aliphatic heterocycles. The lowest BCUT2D eigenvalue weighted by Crippen LogP contribution is -2.43. The first-order valence-electron chi connectivity index (χ1n) is 7.03. The first kappa shape index (κ1) is 13.1. The molecule has 2 fully saturated rings. The van der Waals surface area contributed by atoms with Crippen molar-refractivity contribution in [2.75, 3.05) is 6.61 Å². The lowest BCUT2D eigenvalue weighted by atomic mass is 9.70. The van der Waals surface area contributed by atoms with Gasteiger partial charge in [-0.2, -0.15) is 0 Å². The maximum atomic E-state index is 11.6. The number of hydrogen-bond acceptors (Lipinski definition) is 2. The summed E-state index contributed by atoms with van der Waals surface area (Å²) in [6.45, 7) is 9.34. The summed E-state index contributed by atoms with van der Waals surface area (Å²) in [5.74, 6) is 1.05. The van der Waals surface area contributed by atoms with E-state index in [4.69, 9.17) is 4.74 Å². The monoisotopic (exact) mass is 238 g/mol. The summed E-state index contributed by atoms with van der Waals surface area (Å²) in [7, 11) is 0. The second-order valence-corrected chi connectivity index (χ2v) is 6.89. The molecule has 2 aliphatic rings. The molecule has 2 heteroatoms. The van der Waals surface area contributed by atoms with Crippen LogP contribution in [0.3, 0.4) is 0 Å². The van der Waals surface area contributed by atoms with Crippen LogP contribution < -0.4 is 0 Å². The highest BCUT2D eigenvalue weighted by atomic mass is 16.5. The molecule has 2 rings (SSSR count). The zero-order chi connectivity index (χ0) is 12.7. The Kier molecular flexibility index (Phi) is 3.37. The topological polar surface area (TPSA) is 26.3 Å². The van der Waals surface area contributed by atoms with Crippen LogP contribution in [0.1, 0.15) is 59.8 Å². The standard InChI is InChI=1S/C15H26O2/c1-5-6-12(16)10-17-13-14(2,3)11-7-8-15(13,4)9-11/h11,13H,5-10H2,1-4H3. The molecule has 2 nitrogen and oxygen atoms in total. The predicted molar refractivity (Wildman–Crippen MR) is 68.9 cm³/mol. The van der Waals surface area contributed by atoms with Gasteiger partial charge < -0.3 is 4.74 Å². The van der Waals surface area contributed by atoms with E-state index in [1.54, 1.807) is 0 Å². The van der Waals surface area contributed by atoms with E-state index in [0.29, 0.717) is 18.4 Å². The molecule has 3 unspecified atom stereocenters. The second-order valence-electron chi connectivity index (χ2n) is 6.89. The summed E-state index contributed by atoms with van der Waals surface area (Å²) in [5.41, 5.74) is 0.570. The normalized spacial score (nSPS) is 38.6. The van der Waals surface area contributed by atoms with E-state index < -0.39 is 0 Å². The van der Waals surface area contributed by atoms with Crippen molar-refractivity contribution in [2.24, 2.45) is 16.7 Å². The number of fused-ring (bicyclic) bond motifs is 2. The summed E-state index contributed by atoms with van der Waals surface area (Å²) < 4.78 is 6.02. The van der Waals surface area contributed by atoms with E-state index in [0.717, 1.165) is 12.3 Å². The summed E-state index contributed by atoms with van der Waals surface area (Å²) >= 11 is 0. The Morgan fingerprint density at radius 2 is 2.06 bits per heavy atom. The van der Waals surface area contributed by atoms with Gasteiger partial charge in [0.15, 0.2) is 5.78 Å². The Morgan fingerprint density at radius 1 is 1.35 bits per heavy atom. The Morgan fingerprint density at radius 3 is 2.59 bits per heavy atom. The van der Waals surface area contributed by atoms with Gasteiger partial charge in [0.25, 0.3) is 0 Å². The molecule has 2 bridgehead atoms. The summed E-state index contributed by atoms with van der Waals surface area (Å²) in [6.07, 6.45) is 5.75. The van der Waals surface area contributed by atoms with E-state index >= 15 is 0 Å². The number of carbonyl (C=O) groups is 1. The van der Waals surface area contributed by atoms with Crippen LogP contribution in [-0.4, -0.2) is 18.5 Å². The van der Waals surface area contributed by atoms with E-state index in [-0.39, 0.29) is 17.3 Å². The van der Waals surface area contributed by atoms with Crippen molar-refractivity contribution in [3.63, 3.8) is 0 Å². The third-order valence-corrected chi connectivity index (χ3v) is 5.08. The van der Waals surface area contributed by atoms with Crippen LogP contribution in [0.4, 0.5) is 0 Å². The van der Waals surface area contributed by atoms with Gasteiger partial charge in [0.2, 0.25) is 0 Å². The highest BCUT2D eigenvalue weighted by Gasteiger charge is 2.60. The van der Waals surface area contributed by atoms with Crippen LogP contribution in [0.2, 0.25) is 0 Å². The second kappa shape index (κ2) is 4.38. The van der Waals surface area contributed by atoms with Gasteiger partial charge in [-0.05, 0) is 42.4 Å². The summed E-state index contributed by atoms with van der Waals surface area (Å²) in [5, 5.41) is 0. The van der Waals surface area contributed by atoms with Crippen molar-refractivity contribution in [3.05, 3.63) is 0 Å². The highest BCUT2D eigenvalue weighted by Crippen LogP contribution is 2.63. The predicted octanol–water partition coefficient (Wildman–Crippen LogP) is 3.59. The maximum Gasteiger partial charge on any atom is 0.158 e. The third kappa shape index (κ3) is 2.16. The molecule has 2 saturated carbocycles. The fourth-order valence-corrected chi connectivity index (χ4v) is 4.20. The van der Waals surface area contributed by atoms with Gasteiger partial charge in [-0.3, -0.25) is 4.79 Å². The minimum atomic E-state index is 0.249. The summed E-state index contributed by atoms with van der Waals surface area (Å²) in [6, 6.07) is 0. The molecule has 2 aliphatic carbocycles. The molecular weight excluding hydrogens is 212 g/mol. The number of ketones is 1. The molecule has 0 aromatic rings. The van der Waals surface area contributed by atoms with E-state index in [1.165, 1.54) is 19.3 Å². The number of carbonyl (C=O) groups excluding carboxylic acids is 1. The van der Waals surface area contributed by atoms with Gasteiger partial charge in [-0.1, -0.05) is 27.7 Å². The average molecular weight is 238 g/mol. The number of Topliss-reactive ketones (excluding diaryl/α,β-unsaturated/α-hetero) is 1. The van der Waals surface area contributed by atoms with Crippen LogP contribution >= 0.6 is 0 Å². The van der Waals surface area contributed by atoms with E-state index in [9.17, 15) is 4.79 Å². The summed E-state index contributed by atoms with van der Waals surface area (Å²) in [4.78, 5) is 11.6. The molecule has 0 radical (unpaired) electrons. The molecule has 0 aromatic heterocycles. The highest BCUT2D eigenvalue weighted by molar-refractivity contribution is 5.79. The Hall–Kier alpha value is -0.370. The smallest absolute Gasteiger partial charge is 0.158 e. The van der Waals surface area contributed by atoms with Crippen LogP contribution in [0.5, 0.6) is 0 Å². The first-order valence-corrected chi connectivity index (χ1v) is 7.03. The van der Waals surface area contributed by atoms with Crippen LogP contribution in [-0.2, 0) is 9.53 Å². The Bertz CT molecular complexity index is 303. The molecular formula is C15H26O2. The van der Waals surface area contributed by atoms with Gasteiger partial charge >= 0.3 is 0 Å². The molecule has 0 saturated heterocycles. The molecule has 0 N–H and O–H groups in total. The fourth-order valence-electron chi connectivity index (χ4n) is 4.20. The number of rotatable bonds is 5. The van der Waals surface area contributed by atoms with Crippen molar-refractivity contribution in [1.82, 2.24) is 0 Å². The van der Waals surface area contributed by atoms with Crippen molar-refractivity contribution < 1.29 is 9.53 Å². The molecule has 98 valence electrons. The van der Waals surface area contributed by atoms with Gasteiger partial charge in [-0.25, -0.2) is 0 Å². The minimum absolute atomic E-state index is 0.249. The number of hydrogen-bond donors (Lipinski definition) is 0. The van der Waals surface area contributed by atoms with Crippen molar-refractivity contribution in [2.45, 2.75) is 65.9 Å². The molecule has 3 atom stereocenters. The van der Waals surface area contributed by atoms with Gasteiger partial charge in [0.1, 0.15) is 6.61 Å². The Balaban J connectivity index is 1.98. The lowest BCUT2D eigenvalue weighted by Gasteiger charge is -2.42. The third-order valence-electron chi connectivity index (χ3n) is 5.08. The zero-order valence-corrected chi connectivity index (χ0v) is 11.7. The first-order chi connectivity index (χ1) is 7.90. The van der Waals surface area contributed by atoms with Crippen LogP contribution in [0.15, 0.2) is 0 Å². The lowest BCUT2D eigenvalue weighted by molar-refractivity contribution is -0.135. The Labute approximate surface area is 105 Å². The van der Waals surface area contributed by atoms with Gasteiger partial charge in [0.05, 0.1) is 6.10 Å². The van der Waals surface area contributed by atoms with Crippen molar-refractivity contribution >= 4 is 5.78 Å². The average Bonchev–Trinajstić information content (AvgIpc) is 2.69. The van der Waals surface area contributed by atoms with E-state index in [1.807, 2.05) is 6.92 Å².